The summed E-state index contributed by atoms with van der Waals surface area (Å²) in [5.74, 6) is 0.00966. The van der Waals surface area contributed by atoms with Crippen molar-refractivity contribution in [2.24, 2.45) is 0 Å². The molecule has 1 aliphatic rings. The summed E-state index contributed by atoms with van der Waals surface area (Å²) in [7, 11) is 1.52. The van der Waals surface area contributed by atoms with Crippen LogP contribution in [0.1, 0.15) is 43.4 Å². The number of anilines is 1. The molecule has 4 heterocycles. The van der Waals surface area contributed by atoms with Gasteiger partial charge < -0.3 is 15.0 Å². The van der Waals surface area contributed by atoms with Crippen LogP contribution < -0.4 is 10.1 Å². The zero-order valence-corrected chi connectivity index (χ0v) is 22.7. The summed E-state index contributed by atoms with van der Waals surface area (Å²) < 4.78 is 5.17. The Morgan fingerprint density at radius 1 is 1.07 bits per heavy atom. The second-order valence-electron chi connectivity index (χ2n) is 9.41. The second-order valence-corrected chi connectivity index (χ2v) is 9.82. The number of methoxy groups -OCH3 is 1. The number of nitrogens with one attached hydrogen (secondary N) is 1. The standard InChI is InChI=1S/C30H26ClN5O4/c1-18-6-8-23-25(34-18)16-27(37)26(14-20-5-3-4-11-32-20)36(30(23)39)17-19-7-9-22(24(31)13-19)29(38)35-28-15-21(40-2)10-12-33-28/h3-13,15,26H,14,16-17H2,1-2H3,(H,33,35,38). The minimum atomic E-state index is -0.752. The number of carbonyl (C=O) groups excluding carboxylic acids is 3. The van der Waals surface area contributed by atoms with Crippen molar-refractivity contribution in [3.8, 4) is 5.75 Å². The maximum atomic E-state index is 13.8. The summed E-state index contributed by atoms with van der Waals surface area (Å²) in [5.41, 5.74) is 3.21. The Bertz CT molecular complexity index is 1590. The highest BCUT2D eigenvalue weighted by Gasteiger charge is 2.36. The zero-order chi connectivity index (χ0) is 28.2. The predicted molar refractivity (Wildman–Crippen MR) is 149 cm³/mol. The van der Waals surface area contributed by atoms with Gasteiger partial charge in [0.2, 0.25) is 0 Å². The lowest BCUT2D eigenvalue weighted by atomic mass is 10.0. The molecule has 0 aliphatic carbocycles. The van der Waals surface area contributed by atoms with Crippen LogP contribution in [0.4, 0.5) is 5.82 Å². The summed E-state index contributed by atoms with van der Waals surface area (Å²) in [5, 5.41) is 2.91. The Balaban J connectivity index is 1.43. The Hall–Kier alpha value is -4.63. The van der Waals surface area contributed by atoms with Gasteiger partial charge in [0.15, 0.2) is 5.78 Å². The minimum absolute atomic E-state index is 0.0505. The summed E-state index contributed by atoms with van der Waals surface area (Å²) in [4.78, 5) is 54.8. The maximum Gasteiger partial charge on any atom is 0.258 e. The molecule has 0 saturated carbocycles. The molecule has 40 heavy (non-hydrogen) atoms. The molecule has 0 spiro atoms. The molecule has 0 bridgehead atoms. The highest BCUT2D eigenvalue weighted by Crippen LogP contribution is 2.26. The molecule has 0 saturated heterocycles. The van der Waals surface area contributed by atoms with Gasteiger partial charge in [-0.3, -0.25) is 24.4 Å². The van der Waals surface area contributed by atoms with Gasteiger partial charge in [-0.05, 0) is 55.0 Å². The number of pyridine rings is 3. The molecule has 9 nitrogen and oxygen atoms in total. The van der Waals surface area contributed by atoms with Crippen LogP contribution in [-0.2, 0) is 24.2 Å². The average molecular weight is 556 g/mol. The normalized spacial score (nSPS) is 14.9. The highest BCUT2D eigenvalue weighted by atomic mass is 35.5. The number of nitrogens with zero attached hydrogens (tertiary/aromatic N) is 4. The number of ketones is 1. The van der Waals surface area contributed by atoms with Gasteiger partial charge in [-0.25, -0.2) is 4.98 Å². The van der Waals surface area contributed by atoms with Crippen molar-refractivity contribution < 1.29 is 19.1 Å². The van der Waals surface area contributed by atoms with Crippen LogP contribution in [-0.4, -0.2) is 50.6 Å². The molecule has 5 rings (SSSR count). The lowest BCUT2D eigenvalue weighted by molar-refractivity contribution is -0.122. The van der Waals surface area contributed by atoms with Crippen LogP contribution in [0, 0.1) is 6.92 Å². The number of hydrogen-bond donors (Lipinski definition) is 1. The predicted octanol–water partition coefficient (Wildman–Crippen LogP) is 4.47. The smallest absolute Gasteiger partial charge is 0.258 e. The number of benzene rings is 1. The number of fused-ring (bicyclic) bond motifs is 1. The third-order valence-corrected chi connectivity index (χ3v) is 6.98. The summed E-state index contributed by atoms with van der Waals surface area (Å²) in [6.07, 6.45) is 3.50. The molecule has 1 N–H and O–H groups in total. The van der Waals surface area contributed by atoms with Crippen LogP contribution in [0.2, 0.25) is 5.02 Å². The molecule has 1 unspecified atom stereocenters. The summed E-state index contributed by atoms with van der Waals surface area (Å²) in [6, 6.07) is 16.4. The van der Waals surface area contributed by atoms with Gasteiger partial charge in [-0.1, -0.05) is 23.7 Å². The van der Waals surface area contributed by atoms with E-state index in [1.807, 2.05) is 19.1 Å². The number of aromatic nitrogens is 3. The quantitative estimate of drug-likeness (QED) is 0.358. The van der Waals surface area contributed by atoms with E-state index in [9.17, 15) is 14.4 Å². The average Bonchev–Trinajstić information content (AvgIpc) is 3.03. The van der Waals surface area contributed by atoms with Crippen molar-refractivity contribution in [1.29, 1.82) is 0 Å². The minimum Gasteiger partial charge on any atom is -0.497 e. The van der Waals surface area contributed by atoms with E-state index in [0.29, 0.717) is 34.1 Å². The molecule has 10 heteroatoms. The van der Waals surface area contributed by atoms with E-state index in [4.69, 9.17) is 16.3 Å². The van der Waals surface area contributed by atoms with Gasteiger partial charge >= 0.3 is 0 Å². The van der Waals surface area contributed by atoms with Gasteiger partial charge in [0.1, 0.15) is 11.6 Å². The SMILES string of the molecule is COc1ccnc(NC(=O)c2ccc(CN3C(=O)c4ccc(C)nc4CC(=O)C3Cc3ccccn3)cc2Cl)c1. The van der Waals surface area contributed by atoms with E-state index < -0.39 is 11.9 Å². The first-order chi connectivity index (χ1) is 19.3. The van der Waals surface area contributed by atoms with Crippen molar-refractivity contribution in [2.45, 2.75) is 32.4 Å². The van der Waals surface area contributed by atoms with Crippen molar-refractivity contribution in [2.75, 3.05) is 12.4 Å². The van der Waals surface area contributed by atoms with Crippen molar-refractivity contribution in [1.82, 2.24) is 19.9 Å². The number of carbonyl (C=O) groups is 3. The van der Waals surface area contributed by atoms with Crippen LogP contribution in [0.15, 0.2) is 73.1 Å². The van der Waals surface area contributed by atoms with Gasteiger partial charge in [0, 0.05) is 42.8 Å². The number of Topliss-reactive ketones (excluding diaryl/α,β-unsaturated/α-hetero) is 1. The van der Waals surface area contributed by atoms with E-state index in [0.717, 1.165) is 5.69 Å². The summed E-state index contributed by atoms with van der Waals surface area (Å²) >= 11 is 6.53. The third-order valence-electron chi connectivity index (χ3n) is 6.66. The van der Waals surface area contributed by atoms with E-state index in [-0.39, 0.29) is 41.7 Å². The number of rotatable bonds is 7. The Morgan fingerprint density at radius 2 is 1.93 bits per heavy atom. The second kappa shape index (κ2) is 11.6. The molecule has 1 aliphatic heterocycles. The summed E-state index contributed by atoms with van der Waals surface area (Å²) in [6.45, 7) is 1.93. The first-order valence-electron chi connectivity index (χ1n) is 12.6. The lowest BCUT2D eigenvalue weighted by Gasteiger charge is -2.29. The van der Waals surface area contributed by atoms with Crippen LogP contribution in [0.3, 0.4) is 0 Å². The van der Waals surface area contributed by atoms with Crippen molar-refractivity contribution >= 4 is 35.0 Å². The number of halogens is 1. The van der Waals surface area contributed by atoms with Crippen molar-refractivity contribution in [3.05, 3.63) is 112 Å². The zero-order valence-electron chi connectivity index (χ0n) is 21.9. The Kier molecular flexibility index (Phi) is 7.84. The molecule has 1 atom stereocenters. The fourth-order valence-corrected chi connectivity index (χ4v) is 4.93. The van der Waals surface area contributed by atoms with E-state index in [2.05, 4.69) is 20.3 Å². The van der Waals surface area contributed by atoms with Gasteiger partial charge in [0.05, 0.1) is 41.4 Å². The lowest BCUT2D eigenvalue weighted by Crippen LogP contribution is -2.45. The molecule has 0 fully saturated rings. The van der Waals surface area contributed by atoms with E-state index in [1.165, 1.54) is 13.3 Å². The monoisotopic (exact) mass is 555 g/mol. The number of ether oxygens (including phenoxy) is 1. The van der Waals surface area contributed by atoms with Crippen LogP contribution in [0.25, 0.3) is 0 Å². The van der Waals surface area contributed by atoms with E-state index in [1.54, 1.807) is 59.6 Å². The molecule has 1 aromatic carbocycles. The Labute approximate surface area is 236 Å². The van der Waals surface area contributed by atoms with E-state index >= 15 is 0 Å². The van der Waals surface area contributed by atoms with Gasteiger partial charge in [0.25, 0.3) is 11.8 Å². The van der Waals surface area contributed by atoms with Gasteiger partial charge in [-0.15, -0.1) is 0 Å². The molecular weight excluding hydrogens is 530 g/mol. The van der Waals surface area contributed by atoms with Crippen LogP contribution in [0.5, 0.6) is 5.75 Å². The van der Waals surface area contributed by atoms with Gasteiger partial charge in [-0.2, -0.15) is 0 Å². The molecule has 0 radical (unpaired) electrons. The fraction of sp³-hybridized carbons (Fsp3) is 0.200. The first kappa shape index (κ1) is 27.0. The third kappa shape index (κ3) is 5.84. The molecular formula is C30H26ClN5O4. The van der Waals surface area contributed by atoms with Crippen molar-refractivity contribution in [3.63, 3.8) is 0 Å². The number of aryl methyl sites for hydroxylation is 1. The molecule has 3 aromatic heterocycles. The number of hydrogen-bond acceptors (Lipinski definition) is 7. The fourth-order valence-electron chi connectivity index (χ4n) is 4.64. The molecule has 4 aromatic rings. The molecule has 202 valence electrons. The van der Waals surface area contributed by atoms with Crippen LogP contribution >= 0.6 is 11.6 Å². The first-order valence-corrected chi connectivity index (χ1v) is 13.0. The topological polar surface area (TPSA) is 114 Å². The Morgan fingerprint density at radius 3 is 2.67 bits per heavy atom. The number of amides is 2. The molecule has 2 amide bonds. The highest BCUT2D eigenvalue weighted by molar-refractivity contribution is 6.34. The maximum absolute atomic E-state index is 13.8. The largest absolute Gasteiger partial charge is 0.497 e.